The first-order valence-electron chi connectivity index (χ1n) is 5.94. The molecule has 6 heteroatoms. The summed E-state index contributed by atoms with van der Waals surface area (Å²) in [7, 11) is 1.38. The molecule has 0 atom stereocenters. The van der Waals surface area contributed by atoms with Crippen molar-refractivity contribution in [2.45, 2.75) is 6.92 Å². The van der Waals surface area contributed by atoms with Gasteiger partial charge in [0, 0.05) is 5.56 Å². The second-order valence-electron chi connectivity index (χ2n) is 4.07. The lowest BCUT2D eigenvalue weighted by Gasteiger charge is -2.07. The van der Waals surface area contributed by atoms with E-state index in [1.807, 2.05) is 0 Å². The summed E-state index contributed by atoms with van der Waals surface area (Å²) in [6.07, 6.45) is 0. The Morgan fingerprint density at radius 1 is 1.29 bits per heavy atom. The Balaban J connectivity index is 2.76. The van der Waals surface area contributed by atoms with Crippen LogP contribution in [0.25, 0.3) is 17.0 Å². The standard InChI is InChI=1S/C15H10ClN3O2/c1-9-13(15(20-2)10(7-17)8-18)14(19-21-9)11-5-3-4-6-12(11)16/h3-6H,1-2H3. The number of nitriles is 2. The Hall–Kier alpha value is -2.76. The molecule has 1 aromatic carbocycles. The average Bonchev–Trinajstić information content (AvgIpc) is 2.86. The number of methoxy groups -OCH3 is 1. The normalized spacial score (nSPS) is 9.57. The lowest BCUT2D eigenvalue weighted by atomic mass is 10.0. The van der Waals surface area contributed by atoms with Crippen molar-refractivity contribution in [2.75, 3.05) is 7.11 Å². The Labute approximate surface area is 126 Å². The largest absolute Gasteiger partial charge is 0.494 e. The van der Waals surface area contributed by atoms with Crippen LogP contribution in [0.4, 0.5) is 0 Å². The summed E-state index contributed by atoms with van der Waals surface area (Å²) in [5, 5.41) is 22.6. The number of benzene rings is 1. The maximum Gasteiger partial charge on any atom is 0.172 e. The van der Waals surface area contributed by atoms with E-state index < -0.39 is 0 Å². The van der Waals surface area contributed by atoms with Crippen LogP contribution in [-0.4, -0.2) is 12.3 Å². The molecule has 0 aliphatic carbocycles. The topological polar surface area (TPSA) is 82.8 Å². The van der Waals surface area contributed by atoms with Crippen molar-refractivity contribution in [1.82, 2.24) is 5.16 Å². The molecule has 1 aromatic heterocycles. The van der Waals surface area contributed by atoms with Gasteiger partial charge in [0.15, 0.2) is 11.3 Å². The molecular formula is C15H10ClN3O2. The molecule has 0 radical (unpaired) electrons. The minimum absolute atomic E-state index is 0.119. The number of allylic oxidation sites excluding steroid dienone is 1. The summed E-state index contributed by atoms with van der Waals surface area (Å²) in [5.41, 5.74) is 1.36. The molecule has 0 fully saturated rings. The minimum atomic E-state index is -0.155. The Kier molecular flexibility index (Phi) is 4.27. The quantitative estimate of drug-likeness (QED) is 0.637. The number of hydrogen-bond acceptors (Lipinski definition) is 5. The van der Waals surface area contributed by atoms with Crippen LogP contribution in [-0.2, 0) is 4.74 Å². The summed E-state index contributed by atoms with van der Waals surface area (Å²) in [6.45, 7) is 1.67. The molecule has 0 unspecified atom stereocenters. The molecule has 0 spiro atoms. The van der Waals surface area contributed by atoms with Gasteiger partial charge >= 0.3 is 0 Å². The van der Waals surface area contributed by atoms with Crippen LogP contribution in [0.5, 0.6) is 0 Å². The molecule has 2 aromatic rings. The third-order valence-electron chi connectivity index (χ3n) is 2.87. The van der Waals surface area contributed by atoms with Gasteiger partial charge < -0.3 is 9.26 Å². The Bertz CT molecular complexity index is 778. The molecule has 21 heavy (non-hydrogen) atoms. The maximum atomic E-state index is 9.05. The van der Waals surface area contributed by atoms with E-state index in [1.165, 1.54) is 7.11 Å². The average molecular weight is 300 g/mol. The van der Waals surface area contributed by atoms with Crippen LogP contribution in [0.3, 0.4) is 0 Å². The second-order valence-corrected chi connectivity index (χ2v) is 4.48. The fourth-order valence-electron chi connectivity index (χ4n) is 1.93. The first kappa shape index (κ1) is 14.6. The number of nitrogens with zero attached hydrogens (tertiary/aromatic N) is 3. The molecule has 1 heterocycles. The van der Waals surface area contributed by atoms with E-state index in [0.29, 0.717) is 27.6 Å². The zero-order valence-electron chi connectivity index (χ0n) is 11.3. The van der Waals surface area contributed by atoms with Crippen LogP contribution in [0.15, 0.2) is 34.4 Å². The van der Waals surface area contributed by atoms with Crippen LogP contribution in [0, 0.1) is 29.6 Å². The summed E-state index contributed by atoms with van der Waals surface area (Å²) in [4.78, 5) is 0. The molecule has 5 nitrogen and oxygen atoms in total. The van der Waals surface area contributed by atoms with E-state index in [2.05, 4.69) is 5.16 Å². The molecule has 104 valence electrons. The van der Waals surface area contributed by atoms with Crippen LogP contribution in [0.2, 0.25) is 5.02 Å². The van der Waals surface area contributed by atoms with Crippen LogP contribution < -0.4 is 0 Å². The van der Waals surface area contributed by atoms with Crippen molar-refractivity contribution in [2.24, 2.45) is 0 Å². The van der Waals surface area contributed by atoms with Crippen molar-refractivity contribution in [3.8, 4) is 23.4 Å². The van der Waals surface area contributed by atoms with Gasteiger partial charge in [-0.3, -0.25) is 0 Å². The van der Waals surface area contributed by atoms with Crippen LogP contribution in [0.1, 0.15) is 11.3 Å². The highest BCUT2D eigenvalue weighted by Crippen LogP contribution is 2.36. The lowest BCUT2D eigenvalue weighted by Crippen LogP contribution is -1.95. The second kappa shape index (κ2) is 6.13. The first-order valence-corrected chi connectivity index (χ1v) is 6.31. The number of rotatable bonds is 3. The molecule has 0 aliphatic rings. The van der Waals surface area contributed by atoms with Gasteiger partial charge in [-0.05, 0) is 13.0 Å². The molecule has 0 saturated heterocycles. The number of halogens is 1. The third-order valence-corrected chi connectivity index (χ3v) is 3.20. The molecule has 0 N–H and O–H groups in total. The Morgan fingerprint density at radius 3 is 2.52 bits per heavy atom. The predicted molar refractivity (Wildman–Crippen MR) is 76.8 cm³/mol. The fraction of sp³-hybridized carbons (Fsp3) is 0.133. The zero-order chi connectivity index (χ0) is 15.4. The molecule has 0 aliphatic heterocycles. The van der Waals surface area contributed by atoms with E-state index in [0.717, 1.165) is 0 Å². The van der Waals surface area contributed by atoms with Gasteiger partial charge in [0.2, 0.25) is 0 Å². The van der Waals surface area contributed by atoms with Crippen molar-refractivity contribution in [3.63, 3.8) is 0 Å². The molecule has 0 saturated carbocycles. The van der Waals surface area contributed by atoms with E-state index in [4.69, 9.17) is 31.4 Å². The van der Waals surface area contributed by atoms with Gasteiger partial charge in [-0.2, -0.15) is 10.5 Å². The highest BCUT2D eigenvalue weighted by atomic mass is 35.5. The van der Waals surface area contributed by atoms with Crippen LogP contribution >= 0.6 is 11.6 Å². The fourth-order valence-corrected chi connectivity index (χ4v) is 2.16. The van der Waals surface area contributed by atoms with Crippen molar-refractivity contribution in [3.05, 3.63) is 46.2 Å². The van der Waals surface area contributed by atoms with Crippen molar-refractivity contribution < 1.29 is 9.26 Å². The summed E-state index contributed by atoms with van der Waals surface area (Å²) in [6, 6.07) is 10.7. The number of aromatic nitrogens is 1. The van der Waals surface area contributed by atoms with E-state index in [1.54, 1.807) is 43.3 Å². The molecular weight excluding hydrogens is 290 g/mol. The van der Waals surface area contributed by atoms with E-state index in [-0.39, 0.29) is 11.3 Å². The van der Waals surface area contributed by atoms with Gasteiger partial charge in [0.1, 0.15) is 23.6 Å². The summed E-state index contributed by atoms with van der Waals surface area (Å²) >= 11 is 6.17. The van der Waals surface area contributed by atoms with Gasteiger partial charge in [0.05, 0.1) is 17.7 Å². The first-order chi connectivity index (χ1) is 10.1. The van der Waals surface area contributed by atoms with Gasteiger partial charge in [0.25, 0.3) is 0 Å². The smallest absolute Gasteiger partial charge is 0.172 e. The van der Waals surface area contributed by atoms with Crippen molar-refractivity contribution in [1.29, 1.82) is 10.5 Å². The van der Waals surface area contributed by atoms with E-state index in [9.17, 15) is 0 Å². The summed E-state index contributed by atoms with van der Waals surface area (Å²) in [5.74, 6) is 0.554. The zero-order valence-corrected chi connectivity index (χ0v) is 12.1. The van der Waals surface area contributed by atoms with Gasteiger partial charge in [-0.15, -0.1) is 0 Å². The predicted octanol–water partition coefficient (Wildman–Crippen LogP) is 3.71. The third kappa shape index (κ3) is 2.60. The monoisotopic (exact) mass is 299 g/mol. The van der Waals surface area contributed by atoms with E-state index >= 15 is 0 Å². The van der Waals surface area contributed by atoms with Gasteiger partial charge in [-0.25, -0.2) is 0 Å². The van der Waals surface area contributed by atoms with Crippen molar-refractivity contribution >= 4 is 17.4 Å². The molecule has 2 rings (SSSR count). The highest BCUT2D eigenvalue weighted by molar-refractivity contribution is 6.33. The molecule has 0 bridgehead atoms. The number of aryl methyl sites for hydroxylation is 1. The number of hydrogen-bond donors (Lipinski definition) is 0. The molecule has 0 amide bonds. The highest BCUT2D eigenvalue weighted by Gasteiger charge is 2.23. The maximum absolute atomic E-state index is 9.05. The Morgan fingerprint density at radius 2 is 1.95 bits per heavy atom. The minimum Gasteiger partial charge on any atom is -0.494 e. The van der Waals surface area contributed by atoms with Gasteiger partial charge in [-0.1, -0.05) is 35.0 Å². The number of ether oxygens (including phenoxy) is 1. The summed E-state index contributed by atoms with van der Waals surface area (Å²) < 4.78 is 10.4. The lowest BCUT2D eigenvalue weighted by molar-refractivity contribution is 0.365. The SMILES string of the molecule is COC(=C(C#N)C#N)c1c(-c2ccccc2Cl)noc1C.